The summed E-state index contributed by atoms with van der Waals surface area (Å²) in [5.41, 5.74) is 0. The lowest BCUT2D eigenvalue weighted by Gasteiger charge is -2.00. The highest BCUT2D eigenvalue weighted by atomic mass is 31.2. The van der Waals surface area contributed by atoms with Crippen molar-refractivity contribution in [1.82, 2.24) is 0 Å². The van der Waals surface area contributed by atoms with Crippen LogP contribution in [0.2, 0.25) is 0 Å². The molecule has 0 aromatic rings. The van der Waals surface area contributed by atoms with E-state index in [1.165, 1.54) is 6.92 Å². The zero-order valence-electron chi connectivity index (χ0n) is 5.78. The Hall–Kier alpha value is -0.180. The SMILES string of the molecule is CC(=O)CCCP(=O)(O)O. The molecule has 0 atom stereocenters. The van der Waals surface area contributed by atoms with Gasteiger partial charge in [-0.25, -0.2) is 0 Å². The zero-order chi connectivity index (χ0) is 8.20. The first kappa shape index (κ1) is 9.82. The molecule has 0 fully saturated rings. The summed E-state index contributed by atoms with van der Waals surface area (Å²) < 4.78 is 10.2. The van der Waals surface area contributed by atoms with Gasteiger partial charge in [0.2, 0.25) is 0 Å². The Morgan fingerprint density at radius 3 is 2.30 bits per heavy atom. The first-order valence-electron chi connectivity index (χ1n) is 2.96. The average Bonchev–Trinajstić information content (AvgIpc) is 1.59. The van der Waals surface area contributed by atoms with Crippen LogP contribution in [0.5, 0.6) is 0 Å². The predicted octanol–water partition coefficient (Wildman–Crippen LogP) is 0.533. The van der Waals surface area contributed by atoms with E-state index in [4.69, 9.17) is 9.79 Å². The summed E-state index contributed by atoms with van der Waals surface area (Å²) in [7, 11) is -3.87. The first-order valence-corrected chi connectivity index (χ1v) is 4.75. The lowest BCUT2D eigenvalue weighted by Crippen LogP contribution is -1.93. The molecule has 10 heavy (non-hydrogen) atoms. The number of rotatable bonds is 4. The summed E-state index contributed by atoms with van der Waals surface area (Å²) in [5.74, 6) is -0.0338. The molecule has 0 aliphatic rings. The van der Waals surface area contributed by atoms with E-state index < -0.39 is 7.60 Å². The summed E-state index contributed by atoms with van der Waals surface area (Å²) in [6.07, 6.45) is 0.345. The van der Waals surface area contributed by atoms with Crippen LogP contribution in [0.25, 0.3) is 0 Å². The summed E-state index contributed by atoms with van der Waals surface area (Å²) in [4.78, 5) is 26.9. The van der Waals surface area contributed by atoms with Crippen LogP contribution >= 0.6 is 7.60 Å². The third-order valence-electron chi connectivity index (χ3n) is 0.978. The van der Waals surface area contributed by atoms with Gasteiger partial charge in [0.15, 0.2) is 0 Å². The summed E-state index contributed by atoms with van der Waals surface area (Å²) >= 11 is 0. The number of ketones is 1. The molecule has 0 aliphatic carbocycles. The Morgan fingerprint density at radius 2 is 2.00 bits per heavy atom. The fraction of sp³-hybridized carbons (Fsp3) is 0.800. The topological polar surface area (TPSA) is 74.6 Å². The van der Waals surface area contributed by atoms with E-state index in [0.717, 1.165) is 0 Å². The molecule has 0 aliphatic heterocycles. The van der Waals surface area contributed by atoms with Gasteiger partial charge in [-0.05, 0) is 13.3 Å². The number of hydrogen-bond donors (Lipinski definition) is 2. The molecule has 0 saturated heterocycles. The summed E-state index contributed by atoms with van der Waals surface area (Å²) in [6, 6.07) is 0. The average molecular weight is 166 g/mol. The second-order valence-corrected chi connectivity index (χ2v) is 3.97. The van der Waals surface area contributed by atoms with Crippen molar-refractivity contribution in [2.75, 3.05) is 6.16 Å². The molecule has 0 aromatic carbocycles. The molecule has 0 saturated carbocycles. The maximum absolute atomic E-state index is 10.3. The van der Waals surface area contributed by atoms with Crippen LogP contribution in [0.3, 0.4) is 0 Å². The standard InChI is InChI=1S/C5H11O4P/c1-5(6)3-2-4-10(7,8)9/h2-4H2,1H3,(H2,7,8,9). The molecule has 4 nitrogen and oxygen atoms in total. The largest absolute Gasteiger partial charge is 0.325 e. The van der Waals surface area contributed by atoms with Crippen molar-refractivity contribution < 1.29 is 19.1 Å². The van der Waals surface area contributed by atoms with Crippen LogP contribution in [0.1, 0.15) is 19.8 Å². The van der Waals surface area contributed by atoms with Crippen LogP contribution in [0.4, 0.5) is 0 Å². The van der Waals surface area contributed by atoms with Crippen LogP contribution in [0.15, 0.2) is 0 Å². The molecule has 5 heteroatoms. The van der Waals surface area contributed by atoms with E-state index in [0.29, 0.717) is 0 Å². The van der Waals surface area contributed by atoms with Gasteiger partial charge in [0.1, 0.15) is 5.78 Å². The van der Waals surface area contributed by atoms with Gasteiger partial charge in [0.05, 0.1) is 6.16 Å². The summed E-state index contributed by atoms with van der Waals surface area (Å²) in [6.45, 7) is 1.40. The zero-order valence-corrected chi connectivity index (χ0v) is 6.67. The maximum atomic E-state index is 10.3. The maximum Gasteiger partial charge on any atom is 0.325 e. The van der Waals surface area contributed by atoms with Gasteiger partial charge < -0.3 is 14.6 Å². The van der Waals surface area contributed by atoms with E-state index >= 15 is 0 Å². The highest BCUT2D eigenvalue weighted by Crippen LogP contribution is 2.35. The Bertz CT molecular complexity index is 159. The van der Waals surface area contributed by atoms with Gasteiger partial charge in [0, 0.05) is 6.42 Å². The van der Waals surface area contributed by atoms with Crippen molar-refractivity contribution in [1.29, 1.82) is 0 Å². The summed E-state index contributed by atoms with van der Waals surface area (Å²) in [5, 5.41) is 0. The van der Waals surface area contributed by atoms with Gasteiger partial charge in [-0.3, -0.25) is 4.57 Å². The Morgan fingerprint density at radius 1 is 1.50 bits per heavy atom. The monoisotopic (exact) mass is 166 g/mol. The first-order chi connectivity index (χ1) is 4.42. The van der Waals surface area contributed by atoms with Crippen LogP contribution in [0, 0.1) is 0 Å². The van der Waals surface area contributed by atoms with E-state index in [2.05, 4.69) is 0 Å². The molecular weight excluding hydrogens is 155 g/mol. The number of hydrogen-bond acceptors (Lipinski definition) is 2. The van der Waals surface area contributed by atoms with Gasteiger partial charge in [-0.1, -0.05) is 0 Å². The number of carbonyl (C=O) groups excluding carboxylic acids is 1. The molecule has 0 bridgehead atoms. The van der Waals surface area contributed by atoms with Gasteiger partial charge in [-0.2, -0.15) is 0 Å². The van der Waals surface area contributed by atoms with Gasteiger partial charge >= 0.3 is 7.60 Å². The molecule has 0 rings (SSSR count). The van der Waals surface area contributed by atoms with Gasteiger partial charge in [-0.15, -0.1) is 0 Å². The van der Waals surface area contributed by atoms with E-state index in [-0.39, 0.29) is 24.8 Å². The fourth-order valence-electron chi connectivity index (χ4n) is 0.534. The fourth-order valence-corrected chi connectivity index (χ4v) is 1.10. The molecule has 0 heterocycles. The lowest BCUT2D eigenvalue weighted by atomic mass is 10.3. The Balaban J connectivity index is 3.39. The second kappa shape index (κ2) is 3.86. The van der Waals surface area contributed by atoms with Crippen molar-refractivity contribution >= 4 is 13.4 Å². The van der Waals surface area contributed by atoms with E-state index in [9.17, 15) is 9.36 Å². The smallest absolute Gasteiger partial charge is 0.324 e. The minimum Gasteiger partial charge on any atom is -0.324 e. The Kier molecular flexibility index (Phi) is 3.79. The second-order valence-electron chi connectivity index (χ2n) is 2.19. The molecule has 0 aromatic heterocycles. The normalized spacial score (nSPS) is 11.5. The van der Waals surface area contributed by atoms with Crippen LogP contribution in [-0.4, -0.2) is 21.7 Å². The van der Waals surface area contributed by atoms with E-state index in [1.807, 2.05) is 0 Å². The van der Waals surface area contributed by atoms with Gasteiger partial charge in [0.25, 0.3) is 0 Å². The molecule has 0 radical (unpaired) electrons. The minimum absolute atomic E-state index is 0.0338. The predicted molar refractivity (Wildman–Crippen MR) is 36.8 cm³/mol. The van der Waals surface area contributed by atoms with Crippen molar-refractivity contribution in [2.45, 2.75) is 19.8 Å². The van der Waals surface area contributed by atoms with Crippen LogP contribution in [-0.2, 0) is 9.36 Å². The number of carbonyl (C=O) groups is 1. The van der Waals surface area contributed by atoms with Crippen molar-refractivity contribution in [2.24, 2.45) is 0 Å². The third-order valence-corrected chi connectivity index (χ3v) is 1.88. The quantitative estimate of drug-likeness (QED) is 0.597. The molecule has 2 N–H and O–H groups in total. The minimum atomic E-state index is -3.87. The molecule has 0 spiro atoms. The lowest BCUT2D eigenvalue weighted by molar-refractivity contribution is -0.117. The molecule has 60 valence electrons. The number of Topliss-reactive ketones (excluding diaryl/α,β-unsaturated/α-hetero) is 1. The van der Waals surface area contributed by atoms with Crippen molar-refractivity contribution in [3.63, 3.8) is 0 Å². The highest BCUT2D eigenvalue weighted by Gasteiger charge is 2.11. The highest BCUT2D eigenvalue weighted by molar-refractivity contribution is 7.51. The van der Waals surface area contributed by atoms with Crippen LogP contribution < -0.4 is 0 Å². The molecule has 0 amide bonds. The van der Waals surface area contributed by atoms with Crippen molar-refractivity contribution in [3.05, 3.63) is 0 Å². The Labute approximate surface area is 59.4 Å². The van der Waals surface area contributed by atoms with Crippen molar-refractivity contribution in [3.8, 4) is 0 Å². The third kappa shape index (κ3) is 7.82. The molecular formula is C5H11O4P. The van der Waals surface area contributed by atoms with E-state index in [1.54, 1.807) is 0 Å². The molecule has 0 unspecified atom stereocenters.